The van der Waals surface area contributed by atoms with Crippen molar-refractivity contribution >= 4 is 33.4 Å². The number of carboxylic acids is 1. The van der Waals surface area contributed by atoms with Crippen LogP contribution >= 0.6 is 11.6 Å². The molecular formula is C14H10ClNO7S. The van der Waals surface area contributed by atoms with Crippen molar-refractivity contribution in [2.24, 2.45) is 0 Å². The van der Waals surface area contributed by atoms with Crippen molar-refractivity contribution in [3.8, 4) is 0 Å². The van der Waals surface area contributed by atoms with Crippen molar-refractivity contribution in [3.05, 3.63) is 69.2 Å². The van der Waals surface area contributed by atoms with Crippen LogP contribution in [0.1, 0.15) is 11.7 Å². The molecule has 0 amide bonds. The van der Waals surface area contributed by atoms with Gasteiger partial charge in [-0.05, 0) is 18.2 Å². The molecule has 126 valence electrons. The van der Waals surface area contributed by atoms with Gasteiger partial charge in [0.1, 0.15) is 0 Å². The molecule has 0 aliphatic heterocycles. The van der Waals surface area contributed by atoms with Crippen LogP contribution in [0.5, 0.6) is 0 Å². The molecule has 0 saturated carbocycles. The average Bonchev–Trinajstić information content (AvgIpc) is 2.53. The lowest BCUT2D eigenvalue weighted by atomic mass is 10.1. The van der Waals surface area contributed by atoms with E-state index in [0.29, 0.717) is 0 Å². The fourth-order valence-corrected chi connectivity index (χ4v) is 3.09. The Balaban J connectivity index is 2.36. The number of nitrogens with zero attached hydrogens (tertiary/aromatic N) is 1. The SMILES string of the molecule is O=C(O)[C@H](OS(=O)(=O)c1ccc([N+](=O)[O-])cc1)c1ccccc1Cl. The van der Waals surface area contributed by atoms with Crippen molar-refractivity contribution < 1.29 is 27.4 Å². The number of nitro benzene ring substituents is 1. The van der Waals surface area contributed by atoms with Gasteiger partial charge in [-0.3, -0.25) is 10.1 Å². The normalized spacial score (nSPS) is 12.5. The van der Waals surface area contributed by atoms with Crippen LogP contribution in [0.3, 0.4) is 0 Å². The number of benzene rings is 2. The van der Waals surface area contributed by atoms with E-state index in [1.165, 1.54) is 18.2 Å². The summed E-state index contributed by atoms with van der Waals surface area (Å²) in [6.45, 7) is 0. The molecule has 1 atom stereocenters. The molecule has 0 bridgehead atoms. The zero-order valence-corrected chi connectivity index (χ0v) is 13.4. The van der Waals surface area contributed by atoms with Gasteiger partial charge in [0.15, 0.2) is 0 Å². The summed E-state index contributed by atoms with van der Waals surface area (Å²) in [5, 5.41) is 19.9. The second-order valence-electron chi connectivity index (χ2n) is 4.54. The van der Waals surface area contributed by atoms with E-state index in [1.54, 1.807) is 6.07 Å². The fraction of sp³-hybridized carbons (Fsp3) is 0.0714. The number of halogens is 1. The van der Waals surface area contributed by atoms with Crippen molar-refractivity contribution in [1.82, 2.24) is 0 Å². The summed E-state index contributed by atoms with van der Waals surface area (Å²) in [5.41, 5.74) is -0.341. The molecule has 2 aromatic rings. The van der Waals surface area contributed by atoms with Gasteiger partial charge >= 0.3 is 5.97 Å². The van der Waals surface area contributed by atoms with Crippen molar-refractivity contribution in [3.63, 3.8) is 0 Å². The molecule has 1 N–H and O–H groups in total. The predicted molar refractivity (Wildman–Crippen MR) is 83.2 cm³/mol. The molecule has 2 rings (SSSR count). The minimum absolute atomic E-state index is 0.0304. The summed E-state index contributed by atoms with van der Waals surface area (Å²) in [6.07, 6.45) is -1.85. The summed E-state index contributed by atoms with van der Waals surface area (Å²) in [5.74, 6) is -1.55. The molecule has 0 aliphatic carbocycles. The van der Waals surface area contributed by atoms with Crippen molar-refractivity contribution in [1.29, 1.82) is 0 Å². The largest absolute Gasteiger partial charge is 0.479 e. The number of rotatable bonds is 6. The number of nitro groups is 1. The van der Waals surface area contributed by atoms with Crippen LogP contribution in [0, 0.1) is 10.1 Å². The molecule has 0 heterocycles. The standard InChI is InChI=1S/C14H10ClNO7S/c15-12-4-2-1-3-11(12)13(14(17)18)23-24(21,22)10-7-5-9(6-8-10)16(19)20/h1-8,13H,(H,17,18)/t13-/m1/s1. The van der Waals surface area contributed by atoms with E-state index in [4.69, 9.17) is 15.8 Å². The zero-order chi connectivity index (χ0) is 17.9. The van der Waals surface area contributed by atoms with E-state index in [1.807, 2.05) is 0 Å². The van der Waals surface area contributed by atoms with E-state index in [9.17, 15) is 28.4 Å². The first-order valence-corrected chi connectivity index (χ1v) is 8.16. The maximum absolute atomic E-state index is 12.2. The van der Waals surface area contributed by atoms with Crippen molar-refractivity contribution in [2.45, 2.75) is 11.0 Å². The first kappa shape index (κ1) is 17.9. The molecule has 24 heavy (non-hydrogen) atoms. The smallest absolute Gasteiger partial charge is 0.339 e. The van der Waals surface area contributed by atoms with E-state index < -0.39 is 32.0 Å². The topological polar surface area (TPSA) is 124 Å². The fourth-order valence-electron chi connectivity index (χ4n) is 1.83. The van der Waals surface area contributed by atoms with Crippen LogP contribution in [0.2, 0.25) is 5.02 Å². The Kier molecular flexibility index (Phi) is 5.17. The molecule has 0 fully saturated rings. The van der Waals surface area contributed by atoms with Crippen LogP contribution in [0.15, 0.2) is 53.4 Å². The quantitative estimate of drug-likeness (QED) is 0.470. The van der Waals surface area contributed by atoms with Gasteiger partial charge in [-0.2, -0.15) is 8.42 Å². The highest BCUT2D eigenvalue weighted by molar-refractivity contribution is 7.86. The predicted octanol–water partition coefficient (Wildman–Crippen LogP) is 2.78. The van der Waals surface area contributed by atoms with E-state index in [2.05, 4.69) is 0 Å². The van der Waals surface area contributed by atoms with Gasteiger partial charge in [-0.1, -0.05) is 29.8 Å². The van der Waals surface area contributed by atoms with Crippen LogP contribution < -0.4 is 0 Å². The van der Waals surface area contributed by atoms with E-state index in [0.717, 1.165) is 24.3 Å². The highest BCUT2D eigenvalue weighted by Crippen LogP contribution is 2.29. The van der Waals surface area contributed by atoms with Gasteiger partial charge in [-0.15, -0.1) is 0 Å². The van der Waals surface area contributed by atoms with Gasteiger partial charge in [0.25, 0.3) is 15.8 Å². The molecular weight excluding hydrogens is 362 g/mol. The maximum Gasteiger partial charge on any atom is 0.339 e. The maximum atomic E-state index is 12.2. The molecule has 0 aliphatic rings. The number of carboxylic acid groups (broad SMARTS) is 1. The van der Waals surface area contributed by atoms with Crippen molar-refractivity contribution in [2.75, 3.05) is 0 Å². The van der Waals surface area contributed by atoms with Crippen LogP contribution in [0.25, 0.3) is 0 Å². The van der Waals surface area contributed by atoms with Gasteiger partial charge in [0.2, 0.25) is 6.10 Å². The summed E-state index contributed by atoms with van der Waals surface area (Å²) in [6, 6.07) is 9.62. The molecule has 8 nitrogen and oxygen atoms in total. The Hall–Kier alpha value is -2.49. The first-order chi connectivity index (χ1) is 11.2. The molecule has 0 aromatic heterocycles. The number of aliphatic carboxylic acids is 1. The highest BCUT2D eigenvalue weighted by Gasteiger charge is 2.30. The lowest BCUT2D eigenvalue weighted by molar-refractivity contribution is -0.384. The summed E-state index contributed by atoms with van der Waals surface area (Å²) in [7, 11) is -4.47. The van der Waals surface area contributed by atoms with E-state index >= 15 is 0 Å². The molecule has 0 radical (unpaired) electrons. The Morgan fingerprint density at radius 1 is 1.17 bits per heavy atom. The summed E-state index contributed by atoms with van der Waals surface area (Å²) >= 11 is 5.88. The third-order valence-corrected chi connectivity index (χ3v) is 4.61. The lowest BCUT2D eigenvalue weighted by Crippen LogP contribution is -2.20. The molecule has 2 aromatic carbocycles. The minimum atomic E-state index is -4.47. The second-order valence-corrected chi connectivity index (χ2v) is 6.52. The summed E-state index contributed by atoms with van der Waals surface area (Å²) < 4.78 is 29.2. The van der Waals surface area contributed by atoms with Gasteiger partial charge < -0.3 is 5.11 Å². The van der Waals surface area contributed by atoms with Crippen LogP contribution in [-0.2, 0) is 19.1 Å². The van der Waals surface area contributed by atoms with Gasteiger partial charge in [0, 0.05) is 22.7 Å². The molecule has 10 heteroatoms. The van der Waals surface area contributed by atoms with Crippen LogP contribution in [0.4, 0.5) is 5.69 Å². The Morgan fingerprint density at radius 3 is 2.25 bits per heavy atom. The minimum Gasteiger partial charge on any atom is -0.479 e. The number of non-ortho nitro benzene ring substituents is 1. The highest BCUT2D eigenvalue weighted by atomic mass is 35.5. The Morgan fingerprint density at radius 2 is 1.75 bits per heavy atom. The van der Waals surface area contributed by atoms with E-state index in [-0.39, 0.29) is 16.3 Å². The van der Waals surface area contributed by atoms with Crippen LogP contribution in [-0.4, -0.2) is 24.4 Å². The zero-order valence-electron chi connectivity index (χ0n) is 11.8. The van der Waals surface area contributed by atoms with Gasteiger partial charge in [-0.25, -0.2) is 8.98 Å². The number of carbonyl (C=O) groups is 1. The Labute approximate surface area is 141 Å². The third-order valence-electron chi connectivity index (χ3n) is 2.97. The molecule has 0 spiro atoms. The molecule has 0 unspecified atom stereocenters. The third kappa shape index (κ3) is 3.88. The summed E-state index contributed by atoms with van der Waals surface area (Å²) in [4.78, 5) is 20.8. The second kappa shape index (κ2) is 6.95. The number of hydrogen-bond acceptors (Lipinski definition) is 6. The van der Waals surface area contributed by atoms with Gasteiger partial charge in [0.05, 0.1) is 9.82 Å². The number of hydrogen-bond donors (Lipinski definition) is 1. The monoisotopic (exact) mass is 371 g/mol. The first-order valence-electron chi connectivity index (χ1n) is 6.37. The average molecular weight is 372 g/mol. The Bertz CT molecular complexity index is 880. The molecule has 0 saturated heterocycles. The lowest BCUT2D eigenvalue weighted by Gasteiger charge is -2.15.